The zero-order valence-corrected chi connectivity index (χ0v) is 11.6. The minimum atomic E-state index is -2.84. The Hall–Kier alpha value is -0.520. The molecule has 0 aliphatic heterocycles. The van der Waals surface area contributed by atoms with Gasteiger partial charge < -0.3 is 5.11 Å². The first-order valence-electron chi connectivity index (χ1n) is 5.54. The van der Waals surface area contributed by atoms with Crippen molar-refractivity contribution in [2.45, 2.75) is 19.3 Å². The van der Waals surface area contributed by atoms with Gasteiger partial charge in [0.2, 0.25) is 0 Å². The predicted octanol–water partition coefficient (Wildman–Crippen LogP) is 1.85. The average molecular weight is 274 g/mol. The van der Waals surface area contributed by atoms with Gasteiger partial charge in [0.05, 0.1) is 12.4 Å². The Morgan fingerprint density at radius 3 is 2.29 bits per heavy atom. The second-order valence-corrected chi connectivity index (χ2v) is 7.34. The van der Waals surface area contributed by atoms with Crippen LogP contribution in [0.15, 0.2) is 24.3 Å². The van der Waals surface area contributed by atoms with E-state index in [0.717, 1.165) is 16.9 Å². The topological polar surface area (TPSA) is 54.4 Å². The Balaban J connectivity index is 2.31. The van der Waals surface area contributed by atoms with Crippen LogP contribution in [0, 0.1) is 0 Å². The number of sulfone groups is 1. The van der Waals surface area contributed by atoms with E-state index in [1.807, 2.05) is 24.3 Å². The quantitative estimate of drug-likeness (QED) is 0.771. The van der Waals surface area contributed by atoms with Crippen LogP contribution in [-0.4, -0.2) is 30.8 Å². The fourth-order valence-corrected chi connectivity index (χ4v) is 3.61. The number of thioether (sulfide) groups is 1. The van der Waals surface area contributed by atoms with Crippen LogP contribution in [0.4, 0.5) is 0 Å². The minimum absolute atomic E-state index is 0.0577. The molecule has 17 heavy (non-hydrogen) atoms. The molecule has 3 nitrogen and oxygen atoms in total. The molecule has 0 amide bonds. The number of aliphatic hydroxyl groups excluding tert-OH is 1. The standard InChI is InChI=1S/C12H18O3S2/c1-2-17(14,15)8-7-16-10-12-5-3-11(9-13)4-6-12/h3-6,13H,2,7-10H2,1H3. The first-order chi connectivity index (χ1) is 8.07. The molecular weight excluding hydrogens is 256 g/mol. The molecule has 0 radical (unpaired) electrons. The molecule has 1 aromatic rings. The van der Waals surface area contributed by atoms with E-state index in [1.54, 1.807) is 18.7 Å². The summed E-state index contributed by atoms with van der Waals surface area (Å²) in [5.74, 6) is 1.92. The number of hydrogen-bond acceptors (Lipinski definition) is 4. The highest BCUT2D eigenvalue weighted by molar-refractivity contribution is 8.00. The second-order valence-electron chi connectivity index (χ2n) is 3.76. The van der Waals surface area contributed by atoms with E-state index in [9.17, 15) is 8.42 Å². The van der Waals surface area contributed by atoms with Crippen molar-refractivity contribution in [3.05, 3.63) is 35.4 Å². The molecule has 1 rings (SSSR count). The van der Waals surface area contributed by atoms with Gasteiger partial charge in [0.25, 0.3) is 0 Å². The van der Waals surface area contributed by atoms with Crippen molar-refractivity contribution in [3.63, 3.8) is 0 Å². The van der Waals surface area contributed by atoms with Crippen LogP contribution in [0.1, 0.15) is 18.1 Å². The summed E-state index contributed by atoms with van der Waals surface area (Å²) in [7, 11) is -2.84. The largest absolute Gasteiger partial charge is 0.392 e. The molecule has 1 N–H and O–H groups in total. The van der Waals surface area contributed by atoms with Crippen LogP contribution in [-0.2, 0) is 22.2 Å². The first-order valence-corrected chi connectivity index (χ1v) is 8.52. The molecule has 0 atom stereocenters. The Kier molecular flexibility index (Phi) is 6.02. The van der Waals surface area contributed by atoms with E-state index < -0.39 is 9.84 Å². The number of hydrogen-bond donors (Lipinski definition) is 1. The third-order valence-electron chi connectivity index (χ3n) is 2.45. The predicted molar refractivity (Wildman–Crippen MR) is 72.9 cm³/mol. The third kappa shape index (κ3) is 5.57. The molecule has 0 spiro atoms. The van der Waals surface area contributed by atoms with E-state index in [0.29, 0.717) is 5.75 Å². The lowest BCUT2D eigenvalue weighted by Crippen LogP contribution is -2.10. The lowest BCUT2D eigenvalue weighted by Gasteiger charge is -2.03. The molecule has 0 saturated carbocycles. The summed E-state index contributed by atoms with van der Waals surface area (Å²) in [5, 5.41) is 8.89. The van der Waals surface area contributed by atoms with Gasteiger partial charge in [-0.15, -0.1) is 0 Å². The van der Waals surface area contributed by atoms with Crippen molar-refractivity contribution in [2.24, 2.45) is 0 Å². The van der Waals surface area contributed by atoms with Gasteiger partial charge in [-0.3, -0.25) is 0 Å². The Morgan fingerprint density at radius 1 is 1.18 bits per heavy atom. The maximum Gasteiger partial charge on any atom is 0.150 e. The Bertz CT molecular complexity index is 424. The molecule has 0 bridgehead atoms. The van der Waals surface area contributed by atoms with Crippen molar-refractivity contribution < 1.29 is 13.5 Å². The summed E-state index contributed by atoms with van der Waals surface area (Å²) >= 11 is 1.62. The van der Waals surface area contributed by atoms with Crippen LogP contribution < -0.4 is 0 Å². The summed E-state index contributed by atoms with van der Waals surface area (Å²) in [6.07, 6.45) is 0. The molecule has 0 fully saturated rings. The second kappa shape index (κ2) is 7.03. The Morgan fingerprint density at radius 2 is 1.76 bits per heavy atom. The molecule has 0 heterocycles. The lowest BCUT2D eigenvalue weighted by atomic mass is 10.2. The van der Waals surface area contributed by atoms with E-state index in [4.69, 9.17) is 5.11 Å². The third-order valence-corrected chi connectivity index (χ3v) is 5.45. The van der Waals surface area contributed by atoms with Crippen molar-refractivity contribution in [2.75, 3.05) is 17.3 Å². The van der Waals surface area contributed by atoms with Crippen molar-refractivity contribution in [1.29, 1.82) is 0 Å². The SMILES string of the molecule is CCS(=O)(=O)CCSCc1ccc(CO)cc1. The van der Waals surface area contributed by atoms with Crippen LogP contribution in [0.5, 0.6) is 0 Å². The monoisotopic (exact) mass is 274 g/mol. The summed E-state index contributed by atoms with van der Waals surface area (Å²) < 4.78 is 22.5. The van der Waals surface area contributed by atoms with Gasteiger partial charge in [-0.05, 0) is 11.1 Å². The van der Waals surface area contributed by atoms with Crippen molar-refractivity contribution in [3.8, 4) is 0 Å². The van der Waals surface area contributed by atoms with E-state index in [2.05, 4.69) is 0 Å². The van der Waals surface area contributed by atoms with E-state index in [-0.39, 0.29) is 18.1 Å². The molecule has 1 aromatic carbocycles. The first kappa shape index (κ1) is 14.5. The Labute approximate surface area is 107 Å². The van der Waals surface area contributed by atoms with Gasteiger partial charge >= 0.3 is 0 Å². The summed E-state index contributed by atoms with van der Waals surface area (Å²) in [6, 6.07) is 7.71. The smallest absolute Gasteiger partial charge is 0.150 e. The number of aliphatic hydroxyl groups is 1. The molecule has 96 valence electrons. The van der Waals surface area contributed by atoms with Crippen LogP contribution >= 0.6 is 11.8 Å². The van der Waals surface area contributed by atoms with Gasteiger partial charge in [-0.2, -0.15) is 11.8 Å². The zero-order valence-electron chi connectivity index (χ0n) is 9.93. The fraction of sp³-hybridized carbons (Fsp3) is 0.500. The van der Waals surface area contributed by atoms with E-state index >= 15 is 0 Å². The average Bonchev–Trinajstić information content (AvgIpc) is 2.35. The molecule has 0 unspecified atom stereocenters. The molecular formula is C12H18O3S2. The molecule has 0 saturated heterocycles. The van der Waals surface area contributed by atoms with Gasteiger partial charge in [-0.1, -0.05) is 31.2 Å². The van der Waals surface area contributed by atoms with Crippen molar-refractivity contribution in [1.82, 2.24) is 0 Å². The van der Waals surface area contributed by atoms with Gasteiger partial charge in [0, 0.05) is 17.3 Å². The molecule has 0 aliphatic rings. The highest BCUT2D eigenvalue weighted by atomic mass is 32.2. The zero-order chi connectivity index (χ0) is 12.7. The highest BCUT2D eigenvalue weighted by Gasteiger charge is 2.06. The summed E-state index contributed by atoms with van der Waals surface area (Å²) in [6.45, 7) is 1.73. The number of rotatable bonds is 7. The van der Waals surface area contributed by atoms with Crippen LogP contribution in [0.3, 0.4) is 0 Å². The van der Waals surface area contributed by atoms with Gasteiger partial charge in [-0.25, -0.2) is 8.42 Å². The normalized spacial score (nSPS) is 11.6. The molecule has 0 aliphatic carbocycles. The lowest BCUT2D eigenvalue weighted by molar-refractivity contribution is 0.282. The maximum atomic E-state index is 11.3. The number of benzene rings is 1. The molecule has 0 aromatic heterocycles. The molecule has 5 heteroatoms. The van der Waals surface area contributed by atoms with Gasteiger partial charge in [0.1, 0.15) is 0 Å². The van der Waals surface area contributed by atoms with Gasteiger partial charge in [0.15, 0.2) is 9.84 Å². The highest BCUT2D eigenvalue weighted by Crippen LogP contribution is 2.13. The fourth-order valence-electron chi connectivity index (χ4n) is 1.26. The maximum absolute atomic E-state index is 11.3. The van der Waals surface area contributed by atoms with E-state index in [1.165, 1.54) is 0 Å². The van der Waals surface area contributed by atoms with Crippen LogP contribution in [0.2, 0.25) is 0 Å². The minimum Gasteiger partial charge on any atom is -0.392 e. The summed E-state index contributed by atoms with van der Waals surface area (Å²) in [5.41, 5.74) is 2.05. The van der Waals surface area contributed by atoms with Crippen molar-refractivity contribution >= 4 is 21.6 Å². The van der Waals surface area contributed by atoms with Crippen LogP contribution in [0.25, 0.3) is 0 Å². The summed E-state index contributed by atoms with van der Waals surface area (Å²) in [4.78, 5) is 0.